The molecule has 0 amide bonds. The highest BCUT2D eigenvalue weighted by molar-refractivity contribution is 5.08. The van der Waals surface area contributed by atoms with E-state index in [1.807, 2.05) is 6.92 Å². The molecule has 0 saturated heterocycles. The molecule has 0 bridgehead atoms. The van der Waals surface area contributed by atoms with Gasteiger partial charge in [-0.25, -0.2) is 4.39 Å². The van der Waals surface area contributed by atoms with Crippen LogP contribution in [-0.2, 0) is 0 Å². The predicted octanol–water partition coefficient (Wildman–Crippen LogP) is 1.57. The number of alkyl halides is 1. The van der Waals surface area contributed by atoms with Gasteiger partial charge >= 0.3 is 0 Å². The van der Waals surface area contributed by atoms with E-state index in [0.29, 0.717) is 0 Å². The highest BCUT2D eigenvalue weighted by Gasteiger charge is 1.70. The molecule has 0 aromatic carbocycles. The molecular formula is C6H8F. The SMILES string of the molecule is CCC#C[CH]CF. The van der Waals surface area contributed by atoms with E-state index in [9.17, 15) is 4.39 Å². The van der Waals surface area contributed by atoms with Crippen LogP contribution in [0.15, 0.2) is 0 Å². The molecule has 1 radical (unpaired) electrons. The standard InChI is InChI=1S/C6H8F/c1-2-3-4-5-6-7/h5H,2,6H2,1H3. The first kappa shape index (κ1) is 6.49. The lowest BCUT2D eigenvalue weighted by atomic mass is 10.4. The van der Waals surface area contributed by atoms with Gasteiger partial charge in [0.25, 0.3) is 0 Å². The van der Waals surface area contributed by atoms with Crippen LogP contribution >= 0.6 is 0 Å². The molecule has 0 aromatic heterocycles. The summed E-state index contributed by atoms with van der Waals surface area (Å²) in [6, 6.07) is 0. The Kier molecular flexibility index (Phi) is 5.09. The molecule has 0 nitrogen and oxygen atoms in total. The highest BCUT2D eigenvalue weighted by atomic mass is 19.1. The van der Waals surface area contributed by atoms with Crippen molar-refractivity contribution in [2.45, 2.75) is 13.3 Å². The molecule has 0 unspecified atom stereocenters. The van der Waals surface area contributed by atoms with Gasteiger partial charge < -0.3 is 0 Å². The summed E-state index contributed by atoms with van der Waals surface area (Å²) in [7, 11) is 0. The molecular weight excluding hydrogens is 91.1 g/mol. The first-order chi connectivity index (χ1) is 3.41. The number of hydrogen-bond donors (Lipinski definition) is 0. The van der Waals surface area contributed by atoms with Gasteiger partial charge in [0.2, 0.25) is 0 Å². The molecule has 1 heteroatoms. The van der Waals surface area contributed by atoms with Gasteiger partial charge in [0.05, 0.1) is 6.42 Å². The lowest BCUT2D eigenvalue weighted by Gasteiger charge is -1.71. The Morgan fingerprint density at radius 1 is 1.71 bits per heavy atom. The fourth-order valence-corrected chi connectivity index (χ4v) is 0.213. The minimum absolute atomic E-state index is 0.438. The van der Waals surface area contributed by atoms with Crippen LogP contribution in [0, 0.1) is 18.3 Å². The van der Waals surface area contributed by atoms with E-state index in [4.69, 9.17) is 0 Å². The molecule has 0 aliphatic heterocycles. The Morgan fingerprint density at radius 3 is 2.86 bits per heavy atom. The van der Waals surface area contributed by atoms with Crippen molar-refractivity contribution in [2.75, 3.05) is 6.67 Å². The van der Waals surface area contributed by atoms with E-state index in [0.717, 1.165) is 6.42 Å². The summed E-state index contributed by atoms with van der Waals surface area (Å²) in [5.74, 6) is 5.24. The summed E-state index contributed by atoms with van der Waals surface area (Å²) in [6.07, 6.45) is 2.11. The quantitative estimate of drug-likeness (QED) is 0.438. The van der Waals surface area contributed by atoms with Crippen LogP contribution in [0.4, 0.5) is 4.39 Å². The summed E-state index contributed by atoms with van der Waals surface area (Å²) in [5, 5.41) is 0. The van der Waals surface area contributed by atoms with Crippen molar-refractivity contribution in [3.63, 3.8) is 0 Å². The summed E-state index contributed by atoms with van der Waals surface area (Å²) in [6.45, 7) is 1.49. The molecule has 0 fully saturated rings. The molecule has 0 aliphatic rings. The minimum atomic E-state index is -0.438. The lowest BCUT2D eigenvalue weighted by Crippen LogP contribution is -1.68. The van der Waals surface area contributed by atoms with Crippen LogP contribution in [0.2, 0.25) is 0 Å². The minimum Gasteiger partial charge on any atom is -0.250 e. The molecule has 39 valence electrons. The maximum atomic E-state index is 11.2. The molecule has 0 heterocycles. The van der Waals surface area contributed by atoms with E-state index in [2.05, 4.69) is 11.8 Å². The zero-order valence-corrected chi connectivity index (χ0v) is 4.37. The molecule has 0 atom stereocenters. The van der Waals surface area contributed by atoms with E-state index in [1.54, 1.807) is 0 Å². The predicted molar refractivity (Wildman–Crippen MR) is 28.3 cm³/mol. The van der Waals surface area contributed by atoms with Crippen molar-refractivity contribution in [3.8, 4) is 11.8 Å². The van der Waals surface area contributed by atoms with Crippen molar-refractivity contribution in [2.24, 2.45) is 0 Å². The van der Waals surface area contributed by atoms with Crippen molar-refractivity contribution in [3.05, 3.63) is 6.42 Å². The second-order valence-electron chi connectivity index (χ2n) is 1.03. The van der Waals surface area contributed by atoms with Crippen molar-refractivity contribution in [1.82, 2.24) is 0 Å². The van der Waals surface area contributed by atoms with Gasteiger partial charge in [-0.1, -0.05) is 12.8 Å². The highest BCUT2D eigenvalue weighted by Crippen LogP contribution is 1.74. The zero-order valence-electron chi connectivity index (χ0n) is 4.37. The van der Waals surface area contributed by atoms with Gasteiger partial charge in [-0.05, 0) is 0 Å². The Morgan fingerprint density at radius 2 is 2.43 bits per heavy atom. The normalized spacial score (nSPS) is 7.14. The first-order valence-corrected chi connectivity index (χ1v) is 2.27. The van der Waals surface area contributed by atoms with Crippen LogP contribution in [0.1, 0.15) is 13.3 Å². The van der Waals surface area contributed by atoms with Gasteiger partial charge in [0, 0.05) is 6.42 Å². The molecule has 0 spiro atoms. The number of halogens is 1. The Hall–Kier alpha value is -0.510. The average Bonchev–Trinajstić information content (AvgIpc) is 1.69. The van der Waals surface area contributed by atoms with Crippen LogP contribution in [0.25, 0.3) is 0 Å². The number of hydrogen-bond acceptors (Lipinski definition) is 0. The van der Waals surface area contributed by atoms with Crippen molar-refractivity contribution >= 4 is 0 Å². The van der Waals surface area contributed by atoms with Gasteiger partial charge in [-0.15, -0.1) is 5.92 Å². The van der Waals surface area contributed by atoms with Gasteiger partial charge in [-0.2, -0.15) is 0 Å². The zero-order chi connectivity index (χ0) is 5.54. The maximum absolute atomic E-state index is 11.2. The summed E-state index contributed by atoms with van der Waals surface area (Å²) >= 11 is 0. The van der Waals surface area contributed by atoms with Gasteiger partial charge in [-0.3, -0.25) is 0 Å². The Labute approximate surface area is 43.7 Å². The van der Waals surface area contributed by atoms with Crippen LogP contribution in [-0.4, -0.2) is 6.67 Å². The van der Waals surface area contributed by atoms with Crippen LogP contribution in [0.3, 0.4) is 0 Å². The molecule has 0 aliphatic carbocycles. The summed E-state index contributed by atoms with van der Waals surface area (Å²) in [4.78, 5) is 0. The van der Waals surface area contributed by atoms with Crippen LogP contribution < -0.4 is 0 Å². The topological polar surface area (TPSA) is 0 Å². The molecule has 0 aromatic rings. The summed E-state index contributed by atoms with van der Waals surface area (Å²) < 4.78 is 11.2. The molecule has 0 saturated carbocycles. The van der Waals surface area contributed by atoms with Crippen molar-refractivity contribution < 1.29 is 4.39 Å². The fourth-order valence-electron chi connectivity index (χ4n) is 0.213. The second kappa shape index (κ2) is 5.49. The fraction of sp³-hybridized carbons (Fsp3) is 0.500. The average molecular weight is 99.1 g/mol. The van der Waals surface area contributed by atoms with Crippen LogP contribution in [0.5, 0.6) is 0 Å². The lowest BCUT2D eigenvalue weighted by molar-refractivity contribution is 0.548. The largest absolute Gasteiger partial charge is 0.250 e. The van der Waals surface area contributed by atoms with E-state index >= 15 is 0 Å². The molecule has 0 rings (SSSR count). The number of rotatable bonds is 1. The van der Waals surface area contributed by atoms with Gasteiger partial charge in [0.1, 0.15) is 6.67 Å². The third-order valence-corrected chi connectivity index (χ3v) is 0.458. The van der Waals surface area contributed by atoms with E-state index in [1.165, 1.54) is 6.42 Å². The van der Waals surface area contributed by atoms with Crippen molar-refractivity contribution in [1.29, 1.82) is 0 Å². The monoisotopic (exact) mass is 99.1 g/mol. The Balaban J connectivity index is 2.91. The smallest absolute Gasteiger partial charge is 0.104 e. The molecule has 0 N–H and O–H groups in total. The second-order valence-corrected chi connectivity index (χ2v) is 1.03. The van der Waals surface area contributed by atoms with E-state index in [-0.39, 0.29) is 0 Å². The third-order valence-electron chi connectivity index (χ3n) is 0.458. The summed E-state index contributed by atoms with van der Waals surface area (Å²) in [5.41, 5.74) is 0. The third kappa shape index (κ3) is 5.49. The maximum Gasteiger partial charge on any atom is 0.104 e. The molecule has 7 heavy (non-hydrogen) atoms. The Bertz CT molecular complexity index is 75.9. The van der Waals surface area contributed by atoms with E-state index < -0.39 is 6.67 Å². The first-order valence-electron chi connectivity index (χ1n) is 2.27. The van der Waals surface area contributed by atoms with Gasteiger partial charge in [0.15, 0.2) is 0 Å².